The molecule has 0 aliphatic carbocycles. The monoisotopic (exact) mass is 214 g/mol. The van der Waals surface area contributed by atoms with Crippen LogP contribution >= 0.6 is 0 Å². The van der Waals surface area contributed by atoms with Crippen LogP contribution in [0.4, 0.5) is 5.69 Å². The fraction of sp³-hybridized carbons (Fsp3) is 0.333. The van der Waals surface area contributed by atoms with Crippen LogP contribution < -0.4 is 10.5 Å². The molecule has 1 rings (SSSR count). The van der Waals surface area contributed by atoms with E-state index in [1.54, 1.807) is 18.2 Å². The number of nitrogens with two attached hydrogens (primary N) is 1. The van der Waals surface area contributed by atoms with Gasteiger partial charge in [-0.25, -0.2) is 8.42 Å². The summed E-state index contributed by atoms with van der Waals surface area (Å²) in [6.45, 7) is 1.81. The molecule has 0 saturated heterocycles. The predicted molar refractivity (Wildman–Crippen MR) is 57.5 cm³/mol. The van der Waals surface area contributed by atoms with Crippen molar-refractivity contribution in [3.63, 3.8) is 0 Å². The molecule has 78 valence electrons. The summed E-state index contributed by atoms with van der Waals surface area (Å²) < 4.78 is 24.5. The zero-order valence-electron chi connectivity index (χ0n) is 8.19. The van der Waals surface area contributed by atoms with Crippen molar-refractivity contribution in [3.8, 4) is 0 Å². The van der Waals surface area contributed by atoms with E-state index in [1.165, 1.54) is 0 Å². The van der Waals surface area contributed by atoms with Crippen LogP contribution in [0.2, 0.25) is 0 Å². The Labute approximate surface area is 84.2 Å². The highest BCUT2D eigenvalue weighted by Gasteiger charge is 2.08. The van der Waals surface area contributed by atoms with Gasteiger partial charge in [-0.1, -0.05) is 18.2 Å². The fourth-order valence-electron chi connectivity index (χ4n) is 1.19. The second-order valence-electron chi connectivity index (χ2n) is 3.25. The highest BCUT2D eigenvalue weighted by Crippen LogP contribution is 2.21. The lowest BCUT2D eigenvalue weighted by Gasteiger charge is -2.12. The Hall–Kier alpha value is -1.07. The molecule has 1 atom stereocenters. The summed E-state index contributed by atoms with van der Waals surface area (Å²) in [5.74, 6) is 0. The summed E-state index contributed by atoms with van der Waals surface area (Å²) in [6, 6.07) is 6.89. The minimum atomic E-state index is -3.24. The SMILES string of the molecule is C[C@@H](N)c1ccccc1NS(C)(=O)=O. The van der Waals surface area contributed by atoms with E-state index in [9.17, 15) is 8.42 Å². The average molecular weight is 214 g/mol. The standard InChI is InChI=1S/C9H14N2O2S/c1-7(10)8-5-3-4-6-9(8)11-14(2,12)13/h3-7,11H,10H2,1-2H3/t7-/m1/s1. The normalized spacial score (nSPS) is 13.6. The molecule has 0 aliphatic rings. The maximum absolute atomic E-state index is 11.0. The second kappa shape index (κ2) is 3.98. The van der Waals surface area contributed by atoms with Crippen molar-refractivity contribution in [1.29, 1.82) is 0 Å². The lowest BCUT2D eigenvalue weighted by Crippen LogP contribution is -2.14. The second-order valence-corrected chi connectivity index (χ2v) is 5.00. The van der Waals surface area contributed by atoms with Crippen molar-refractivity contribution in [3.05, 3.63) is 29.8 Å². The first-order valence-electron chi connectivity index (χ1n) is 4.22. The minimum Gasteiger partial charge on any atom is -0.324 e. The molecular weight excluding hydrogens is 200 g/mol. The van der Waals surface area contributed by atoms with Gasteiger partial charge in [0.05, 0.1) is 11.9 Å². The molecule has 0 aromatic heterocycles. The van der Waals surface area contributed by atoms with Crippen molar-refractivity contribution in [2.24, 2.45) is 5.73 Å². The van der Waals surface area contributed by atoms with Crippen molar-refractivity contribution in [2.75, 3.05) is 11.0 Å². The lowest BCUT2D eigenvalue weighted by atomic mass is 10.1. The quantitative estimate of drug-likeness (QED) is 0.790. The van der Waals surface area contributed by atoms with Crippen LogP contribution in [-0.4, -0.2) is 14.7 Å². The number of anilines is 1. The number of nitrogens with one attached hydrogen (secondary N) is 1. The number of hydrogen-bond donors (Lipinski definition) is 2. The molecule has 0 spiro atoms. The van der Waals surface area contributed by atoms with Crippen LogP contribution in [0.5, 0.6) is 0 Å². The lowest BCUT2D eigenvalue weighted by molar-refractivity contribution is 0.606. The van der Waals surface area contributed by atoms with E-state index in [-0.39, 0.29) is 6.04 Å². The van der Waals surface area contributed by atoms with Gasteiger partial charge in [0, 0.05) is 6.04 Å². The summed E-state index contributed by atoms with van der Waals surface area (Å²) in [5.41, 5.74) is 7.03. The topological polar surface area (TPSA) is 72.2 Å². The third-order valence-corrected chi connectivity index (χ3v) is 2.34. The third kappa shape index (κ3) is 3.01. The summed E-state index contributed by atoms with van der Waals surface area (Å²) in [6.07, 6.45) is 1.12. The van der Waals surface area contributed by atoms with Crippen molar-refractivity contribution in [1.82, 2.24) is 0 Å². The van der Waals surface area contributed by atoms with Gasteiger partial charge in [-0.2, -0.15) is 0 Å². The molecule has 0 aliphatic heterocycles. The maximum atomic E-state index is 11.0. The first kappa shape index (κ1) is 11.0. The van der Waals surface area contributed by atoms with E-state index in [2.05, 4.69) is 4.72 Å². The third-order valence-electron chi connectivity index (χ3n) is 1.75. The molecule has 0 radical (unpaired) electrons. The molecule has 14 heavy (non-hydrogen) atoms. The van der Waals surface area contributed by atoms with Gasteiger partial charge < -0.3 is 5.73 Å². The Morgan fingerprint density at radius 3 is 2.43 bits per heavy atom. The van der Waals surface area contributed by atoms with Crippen LogP contribution in [0.3, 0.4) is 0 Å². The smallest absolute Gasteiger partial charge is 0.229 e. The molecule has 0 saturated carbocycles. The van der Waals surface area contributed by atoms with Crippen LogP contribution in [0.25, 0.3) is 0 Å². The van der Waals surface area contributed by atoms with Gasteiger partial charge >= 0.3 is 0 Å². The van der Waals surface area contributed by atoms with E-state index < -0.39 is 10.0 Å². The Morgan fingerprint density at radius 1 is 1.36 bits per heavy atom. The van der Waals surface area contributed by atoms with Crippen LogP contribution in [0.1, 0.15) is 18.5 Å². The Kier molecular flexibility index (Phi) is 3.13. The molecule has 0 amide bonds. The molecule has 3 N–H and O–H groups in total. The van der Waals surface area contributed by atoms with Gasteiger partial charge in [0.25, 0.3) is 0 Å². The summed E-state index contributed by atoms with van der Waals surface area (Å²) >= 11 is 0. The first-order chi connectivity index (χ1) is 6.40. The average Bonchev–Trinajstić information content (AvgIpc) is 2.01. The number of para-hydroxylation sites is 1. The number of rotatable bonds is 3. The molecular formula is C9H14N2O2S. The molecule has 4 nitrogen and oxygen atoms in total. The van der Waals surface area contributed by atoms with E-state index in [0.717, 1.165) is 11.8 Å². The van der Waals surface area contributed by atoms with Crippen molar-refractivity contribution >= 4 is 15.7 Å². The molecule has 1 aromatic rings. The summed E-state index contributed by atoms with van der Waals surface area (Å²) in [7, 11) is -3.24. The van der Waals surface area contributed by atoms with Crippen LogP contribution in [0, 0.1) is 0 Å². The molecule has 1 aromatic carbocycles. The zero-order valence-corrected chi connectivity index (χ0v) is 9.01. The van der Waals surface area contributed by atoms with E-state index in [1.807, 2.05) is 13.0 Å². The van der Waals surface area contributed by atoms with Crippen molar-refractivity contribution < 1.29 is 8.42 Å². The fourth-order valence-corrected chi connectivity index (χ4v) is 1.77. The van der Waals surface area contributed by atoms with Gasteiger partial charge in [-0.15, -0.1) is 0 Å². The highest BCUT2D eigenvalue weighted by molar-refractivity contribution is 7.92. The summed E-state index contributed by atoms with van der Waals surface area (Å²) in [4.78, 5) is 0. The molecule has 0 unspecified atom stereocenters. The van der Waals surface area contributed by atoms with Gasteiger partial charge in [0.2, 0.25) is 10.0 Å². The van der Waals surface area contributed by atoms with Gasteiger partial charge in [0.1, 0.15) is 0 Å². The zero-order chi connectivity index (χ0) is 10.8. The van der Waals surface area contributed by atoms with E-state index in [4.69, 9.17) is 5.73 Å². The molecule has 5 heteroatoms. The predicted octanol–water partition coefficient (Wildman–Crippen LogP) is 1.08. The van der Waals surface area contributed by atoms with Gasteiger partial charge in [0.15, 0.2) is 0 Å². The Balaban J connectivity index is 3.08. The summed E-state index contributed by atoms with van der Waals surface area (Å²) in [5, 5.41) is 0. The maximum Gasteiger partial charge on any atom is 0.229 e. The number of benzene rings is 1. The van der Waals surface area contributed by atoms with E-state index >= 15 is 0 Å². The van der Waals surface area contributed by atoms with Gasteiger partial charge in [-0.3, -0.25) is 4.72 Å². The van der Waals surface area contributed by atoms with E-state index in [0.29, 0.717) is 5.69 Å². The highest BCUT2D eigenvalue weighted by atomic mass is 32.2. The van der Waals surface area contributed by atoms with Crippen molar-refractivity contribution in [2.45, 2.75) is 13.0 Å². The minimum absolute atomic E-state index is 0.194. The van der Waals surface area contributed by atoms with Gasteiger partial charge in [-0.05, 0) is 18.6 Å². The largest absolute Gasteiger partial charge is 0.324 e. The molecule has 0 heterocycles. The Morgan fingerprint density at radius 2 is 1.93 bits per heavy atom. The molecule has 0 bridgehead atoms. The number of hydrogen-bond acceptors (Lipinski definition) is 3. The number of sulfonamides is 1. The van der Waals surface area contributed by atoms with Crippen LogP contribution in [-0.2, 0) is 10.0 Å². The van der Waals surface area contributed by atoms with Crippen LogP contribution in [0.15, 0.2) is 24.3 Å². The molecule has 0 fully saturated rings. The Bertz CT molecular complexity index is 413. The first-order valence-corrected chi connectivity index (χ1v) is 6.11.